The fraction of sp³-hybridized carbons (Fsp3) is 0.500. The fourth-order valence-corrected chi connectivity index (χ4v) is 1.89. The van der Waals surface area contributed by atoms with Crippen LogP contribution in [0.25, 0.3) is 0 Å². The van der Waals surface area contributed by atoms with Crippen LogP contribution in [0.5, 0.6) is 0 Å². The van der Waals surface area contributed by atoms with Crippen molar-refractivity contribution in [3.63, 3.8) is 0 Å². The summed E-state index contributed by atoms with van der Waals surface area (Å²) >= 11 is 1.64. The highest BCUT2D eigenvalue weighted by Gasteiger charge is 2.29. The Bertz CT molecular complexity index is 251. The summed E-state index contributed by atoms with van der Waals surface area (Å²) in [7, 11) is 0. The summed E-state index contributed by atoms with van der Waals surface area (Å²) in [5.41, 5.74) is 0.831. The first-order valence-corrected chi connectivity index (χ1v) is 5.04. The van der Waals surface area contributed by atoms with Crippen molar-refractivity contribution in [1.29, 1.82) is 0 Å². The zero-order valence-corrected chi connectivity index (χ0v) is 8.52. The van der Waals surface area contributed by atoms with Gasteiger partial charge in [0.1, 0.15) is 6.29 Å². The molecule has 1 nitrogen and oxygen atoms in total. The first-order valence-electron chi connectivity index (χ1n) is 4.10. The first kappa shape index (κ1) is 9.46. The van der Waals surface area contributed by atoms with Gasteiger partial charge in [-0.15, -0.1) is 0 Å². The third-order valence-corrected chi connectivity index (χ3v) is 3.27. The average Bonchev–Trinajstić information content (AvgIpc) is 2.54. The molecular weight excluding hydrogens is 168 g/mol. The van der Waals surface area contributed by atoms with Gasteiger partial charge in [0.15, 0.2) is 0 Å². The quantitative estimate of drug-likeness (QED) is 0.657. The van der Waals surface area contributed by atoms with E-state index in [9.17, 15) is 4.79 Å². The highest BCUT2D eigenvalue weighted by atomic mass is 32.1. The van der Waals surface area contributed by atoms with Crippen LogP contribution in [0.15, 0.2) is 16.8 Å². The minimum absolute atomic E-state index is 0.306. The lowest BCUT2D eigenvalue weighted by Crippen LogP contribution is -2.29. The molecule has 1 rings (SSSR count). The summed E-state index contributed by atoms with van der Waals surface area (Å²) in [6, 6.07) is 2.03. The summed E-state index contributed by atoms with van der Waals surface area (Å²) in [5.74, 6) is 0.351. The van der Waals surface area contributed by atoms with Crippen LogP contribution in [0.2, 0.25) is 0 Å². The van der Waals surface area contributed by atoms with E-state index in [4.69, 9.17) is 0 Å². The molecule has 1 atom stereocenters. The first-order chi connectivity index (χ1) is 5.61. The van der Waals surface area contributed by atoms with Crippen LogP contribution in [0.4, 0.5) is 0 Å². The Balaban J connectivity index is 3.04. The van der Waals surface area contributed by atoms with E-state index in [2.05, 4.69) is 19.2 Å². The lowest BCUT2D eigenvalue weighted by Gasteiger charge is -2.26. The fourth-order valence-electron chi connectivity index (χ4n) is 1.11. The van der Waals surface area contributed by atoms with Crippen LogP contribution >= 0.6 is 11.3 Å². The number of carbonyl (C=O) groups excluding carboxylic acids is 1. The van der Waals surface area contributed by atoms with E-state index in [1.165, 1.54) is 0 Å². The number of hydrogen-bond donors (Lipinski definition) is 0. The summed E-state index contributed by atoms with van der Waals surface area (Å²) in [6.45, 7) is 6.14. The molecule has 0 unspecified atom stereocenters. The maximum atomic E-state index is 11.0. The molecule has 2 heteroatoms. The summed E-state index contributed by atoms with van der Waals surface area (Å²) in [4.78, 5) is 11.0. The predicted molar refractivity (Wildman–Crippen MR) is 52.6 cm³/mol. The molecular formula is C10H14OS. The summed E-state index contributed by atoms with van der Waals surface area (Å²) < 4.78 is 0. The van der Waals surface area contributed by atoms with Gasteiger partial charge in [-0.05, 0) is 35.2 Å². The van der Waals surface area contributed by atoms with Crippen molar-refractivity contribution in [2.75, 3.05) is 0 Å². The van der Waals surface area contributed by atoms with Gasteiger partial charge < -0.3 is 4.79 Å². The Morgan fingerprint density at radius 1 is 1.58 bits per heavy atom. The molecule has 0 amide bonds. The number of thiophene rings is 1. The molecule has 0 saturated heterocycles. The Kier molecular flexibility index (Phi) is 2.68. The van der Waals surface area contributed by atoms with Crippen LogP contribution in [0, 0.1) is 5.92 Å². The van der Waals surface area contributed by atoms with Gasteiger partial charge in [0.25, 0.3) is 0 Å². The van der Waals surface area contributed by atoms with Gasteiger partial charge in [-0.2, -0.15) is 11.3 Å². The van der Waals surface area contributed by atoms with Crippen molar-refractivity contribution in [3.8, 4) is 0 Å². The molecule has 1 aromatic heterocycles. The Labute approximate surface area is 77.4 Å². The standard InChI is InChI=1S/C10H14OS/c1-8(2)10(3,7-11)9-4-5-12-6-9/h4-8H,1-3H3/t10-/m1/s1. The second-order valence-corrected chi connectivity index (χ2v) is 4.35. The summed E-state index contributed by atoms with van der Waals surface area (Å²) in [5, 5.41) is 4.06. The second kappa shape index (κ2) is 3.40. The second-order valence-electron chi connectivity index (χ2n) is 3.57. The molecule has 0 N–H and O–H groups in total. The summed E-state index contributed by atoms with van der Waals surface area (Å²) in [6.07, 6.45) is 1.06. The van der Waals surface area contributed by atoms with E-state index in [0.717, 1.165) is 11.8 Å². The molecule has 1 aromatic rings. The molecule has 66 valence electrons. The SMILES string of the molecule is CC(C)[C@@](C)(C=O)c1ccsc1. The third kappa shape index (κ3) is 1.44. The van der Waals surface area contributed by atoms with Crippen LogP contribution in [-0.4, -0.2) is 6.29 Å². The van der Waals surface area contributed by atoms with Gasteiger partial charge >= 0.3 is 0 Å². The van der Waals surface area contributed by atoms with E-state index in [0.29, 0.717) is 5.92 Å². The van der Waals surface area contributed by atoms with Gasteiger partial charge in [0.2, 0.25) is 0 Å². The zero-order valence-electron chi connectivity index (χ0n) is 7.70. The monoisotopic (exact) mass is 182 g/mol. The molecule has 1 heterocycles. The Morgan fingerprint density at radius 2 is 2.25 bits per heavy atom. The highest BCUT2D eigenvalue weighted by Crippen LogP contribution is 2.30. The smallest absolute Gasteiger partial charge is 0.130 e. The number of rotatable bonds is 3. The van der Waals surface area contributed by atoms with Crippen LogP contribution < -0.4 is 0 Å². The molecule has 0 aliphatic carbocycles. The lowest BCUT2D eigenvalue weighted by atomic mass is 9.76. The van der Waals surface area contributed by atoms with Gasteiger partial charge in [-0.25, -0.2) is 0 Å². The van der Waals surface area contributed by atoms with Crippen LogP contribution in [0.1, 0.15) is 26.3 Å². The molecule has 12 heavy (non-hydrogen) atoms. The van der Waals surface area contributed by atoms with Gasteiger partial charge in [-0.1, -0.05) is 13.8 Å². The molecule has 0 spiro atoms. The van der Waals surface area contributed by atoms with Gasteiger partial charge in [-0.3, -0.25) is 0 Å². The van der Waals surface area contributed by atoms with E-state index in [1.807, 2.05) is 18.4 Å². The third-order valence-electron chi connectivity index (χ3n) is 2.59. The molecule has 0 aliphatic rings. The Morgan fingerprint density at radius 3 is 2.58 bits per heavy atom. The minimum atomic E-state index is -0.306. The Hall–Kier alpha value is -0.630. The van der Waals surface area contributed by atoms with Gasteiger partial charge in [0.05, 0.1) is 5.41 Å². The molecule has 0 saturated carbocycles. The van der Waals surface area contributed by atoms with Crippen molar-refractivity contribution in [1.82, 2.24) is 0 Å². The topological polar surface area (TPSA) is 17.1 Å². The van der Waals surface area contributed by atoms with Crippen molar-refractivity contribution in [2.45, 2.75) is 26.2 Å². The van der Waals surface area contributed by atoms with Crippen molar-refractivity contribution in [2.24, 2.45) is 5.92 Å². The highest BCUT2D eigenvalue weighted by molar-refractivity contribution is 7.08. The maximum absolute atomic E-state index is 11.0. The number of carbonyl (C=O) groups is 1. The average molecular weight is 182 g/mol. The molecule has 0 bridgehead atoms. The normalized spacial score (nSPS) is 16.0. The van der Waals surface area contributed by atoms with Crippen LogP contribution in [0.3, 0.4) is 0 Å². The lowest BCUT2D eigenvalue weighted by molar-refractivity contribution is -0.113. The molecule has 0 radical (unpaired) electrons. The van der Waals surface area contributed by atoms with Gasteiger partial charge in [0, 0.05) is 0 Å². The van der Waals surface area contributed by atoms with Crippen molar-refractivity contribution in [3.05, 3.63) is 22.4 Å². The van der Waals surface area contributed by atoms with E-state index in [-0.39, 0.29) is 5.41 Å². The minimum Gasteiger partial charge on any atom is -0.302 e. The predicted octanol–water partition coefficient (Wildman–Crippen LogP) is 2.86. The molecule has 0 aliphatic heterocycles. The van der Waals surface area contributed by atoms with Crippen molar-refractivity contribution < 1.29 is 4.79 Å². The van der Waals surface area contributed by atoms with Crippen LogP contribution in [-0.2, 0) is 10.2 Å². The maximum Gasteiger partial charge on any atom is 0.130 e. The van der Waals surface area contributed by atoms with E-state index >= 15 is 0 Å². The largest absolute Gasteiger partial charge is 0.302 e. The number of hydrogen-bond acceptors (Lipinski definition) is 2. The zero-order chi connectivity index (χ0) is 9.19. The van der Waals surface area contributed by atoms with E-state index in [1.54, 1.807) is 11.3 Å². The molecule has 0 fully saturated rings. The van der Waals surface area contributed by atoms with E-state index < -0.39 is 0 Å². The molecule has 0 aromatic carbocycles. The number of aldehydes is 1. The van der Waals surface area contributed by atoms with Crippen molar-refractivity contribution >= 4 is 17.6 Å².